The van der Waals surface area contributed by atoms with Crippen LogP contribution < -0.4 is 5.73 Å². The van der Waals surface area contributed by atoms with E-state index in [9.17, 15) is 4.39 Å². The molecule has 0 atom stereocenters. The van der Waals surface area contributed by atoms with E-state index in [0.29, 0.717) is 17.1 Å². The highest BCUT2D eigenvalue weighted by atomic mass is 79.9. The third-order valence-electron chi connectivity index (χ3n) is 2.51. The number of hydrogen-bond acceptors (Lipinski definition) is 1. The topological polar surface area (TPSA) is 26.0 Å². The van der Waals surface area contributed by atoms with Gasteiger partial charge in [-0.1, -0.05) is 33.6 Å². The van der Waals surface area contributed by atoms with Crippen molar-refractivity contribution in [1.82, 2.24) is 0 Å². The van der Waals surface area contributed by atoms with E-state index in [4.69, 9.17) is 17.3 Å². The number of rotatable bonds is 2. The molecule has 17 heavy (non-hydrogen) atoms. The summed E-state index contributed by atoms with van der Waals surface area (Å²) < 4.78 is 14.5. The summed E-state index contributed by atoms with van der Waals surface area (Å²) in [5.41, 5.74) is 7.69. The van der Waals surface area contributed by atoms with Gasteiger partial charge in [-0.15, -0.1) is 0 Å². The Kier molecular flexibility index (Phi) is 3.82. The van der Waals surface area contributed by atoms with Crippen LogP contribution in [0.3, 0.4) is 0 Å². The van der Waals surface area contributed by atoms with Gasteiger partial charge in [-0.05, 0) is 41.5 Å². The molecule has 2 N–H and O–H groups in total. The summed E-state index contributed by atoms with van der Waals surface area (Å²) in [7, 11) is 0. The molecule has 88 valence electrons. The third kappa shape index (κ3) is 2.68. The Bertz CT molecular complexity index is 557. The second kappa shape index (κ2) is 5.17. The average molecular weight is 315 g/mol. The lowest BCUT2D eigenvalue weighted by Gasteiger charge is -2.07. The van der Waals surface area contributed by atoms with E-state index in [1.54, 1.807) is 24.3 Å². The molecule has 0 saturated carbocycles. The molecular weight excluding hydrogens is 305 g/mol. The van der Waals surface area contributed by atoms with Crippen LogP contribution in [0.4, 0.5) is 4.39 Å². The van der Waals surface area contributed by atoms with Crippen LogP contribution in [0.1, 0.15) is 5.56 Å². The van der Waals surface area contributed by atoms with E-state index in [1.165, 1.54) is 6.07 Å². The van der Waals surface area contributed by atoms with E-state index in [-0.39, 0.29) is 5.82 Å². The van der Waals surface area contributed by atoms with Gasteiger partial charge in [0.15, 0.2) is 0 Å². The highest BCUT2D eigenvalue weighted by Gasteiger charge is 2.08. The predicted molar refractivity (Wildman–Crippen MR) is 72.4 cm³/mol. The molecule has 4 heteroatoms. The molecule has 0 saturated heterocycles. The molecule has 2 aromatic carbocycles. The first-order valence-corrected chi connectivity index (χ1v) is 6.23. The molecule has 2 rings (SSSR count). The van der Waals surface area contributed by atoms with Crippen LogP contribution >= 0.6 is 27.5 Å². The highest BCUT2D eigenvalue weighted by Crippen LogP contribution is 2.29. The molecule has 0 aliphatic rings. The Morgan fingerprint density at radius 3 is 2.65 bits per heavy atom. The van der Waals surface area contributed by atoms with Crippen LogP contribution in [0, 0.1) is 5.82 Å². The second-order valence-electron chi connectivity index (χ2n) is 3.63. The maximum atomic E-state index is 13.7. The molecule has 0 aliphatic heterocycles. The van der Waals surface area contributed by atoms with Gasteiger partial charge in [0, 0.05) is 21.6 Å². The lowest BCUT2D eigenvalue weighted by atomic mass is 10.0. The van der Waals surface area contributed by atoms with Crippen LogP contribution in [-0.2, 0) is 6.54 Å². The summed E-state index contributed by atoms with van der Waals surface area (Å²) in [5.74, 6) is -0.265. The monoisotopic (exact) mass is 313 g/mol. The molecule has 0 unspecified atom stereocenters. The van der Waals surface area contributed by atoms with E-state index < -0.39 is 0 Å². The molecule has 1 nitrogen and oxygen atoms in total. The molecule has 0 bridgehead atoms. The summed E-state index contributed by atoms with van der Waals surface area (Å²) in [5, 5.41) is 0.603. The zero-order valence-electron chi connectivity index (χ0n) is 8.88. The van der Waals surface area contributed by atoms with Crippen LogP contribution in [-0.4, -0.2) is 0 Å². The van der Waals surface area contributed by atoms with E-state index in [0.717, 1.165) is 15.6 Å². The van der Waals surface area contributed by atoms with Crippen molar-refractivity contribution in [2.45, 2.75) is 6.54 Å². The van der Waals surface area contributed by atoms with Crippen LogP contribution in [0.15, 0.2) is 40.9 Å². The number of halogens is 3. The molecule has 0 amide bonds. The van der Waals surface area contributed by atoms with Gasteiger partial charge >= 0.3 is 0 Å². The van der Waals surface area contributed by atoms with Gasteiger partial charge in [0.05, 0.1) is 0 Å². The van der Waals surface area contributed by atoms with Crippen LogP contribution in [0.2, 0.25) is 5.02 Å². The Balaban J connectivity index is 2.56. The maximum Gasteiger partial charge on any atom is 0.131 e. The van der Waals surface area contributed by atoms with Gasteiger partial charge in [0.25, 0.3) is 0 Å². The second-order valence-corrected chi connectivity index (χ2v) is 4.96. The fourth-order valence-electron chi connectivity index (χ4n) is 1.62. The molecule has 0 aliphatic carbocycles. The Morgan fingerprint density at radius 2 is 1.94 bits per heavy atom. The predicted octanol–water partition coefficient (Wildman–Crippen LogP) is 4.37. The van der Waals surface area contributed by atoms with Crippen molar-refractivity contribution in [3.05, 3.63) is 57.3 Å². The van der Waals surface area contributed by atoms with Gasteiger partial charge in [0.1, 0.15) is 5.82 Å². The standard InChI is InChI=1S/C13H10BrClFN/c14-10-2-4-13(16)11(6-10)8-1-3-12(15)9(5-8)7-17/h1-6H,7,17H2. The first kappa shape index (κ1) is 12.6. The smallest absolute Gasteiger partial charge is 0.131 e. The van der Waals surface area contributed by atoms with Crippen molar-refractivity contribution >= 4 is 27.5 Å². The summed E-state index contributed by atoms with van der Waals surface area (Å²) in [4.78, 5) is 0. The highest BCUT2D eigenvalue weighted by molar-refractivity contribution is 9.10. The lowest BCUT2D eigenvalue weighted by Crippen LogP contribution is -1.97. The quantitative estimate of drug-likeness (QED) is 0.875. The molecule has 0 heterocycles. The first-order chi connectivity index (χ1) is 8.11. The van der Waals surface area contributed by atoms with E-state index >= 15 is 0 Å². The summed E-state index contributed by atoms with van der Waals surface area (Å²) >= 11 is 9.30. The number of nitrogens with two attached hydrogens (primary N) is 1. The molecular formula is C13H10BrClFN. The van der Waals surface area contributed by atoms with Gasteiger partial charge in [-0.2, -0.15) is 0 Å². The minimum absolute atomic E-state index is 0.265. The number of benzene rings is 2. The van der Waals surface area contributed by atoms with Crippen molar-refractivity contribution in [1.29, 1.82) is 0 Å². The zero-order valence-corrected chi connectivity index (χ0v) is 11.2. The fraction of sp³-hybridized carbons (Fsp3) is 0.0769. The maximum absolute atomic E-state index is 13.7. The fourth-order valence-corrected chi connectivity index (χ4v) is 2.17. The molecule has 2 aromatic rings. The normalized spacial score (nSPS) is 10.6. The van der Waals surface area contributed by atoms with Crippen molar-refractivity contribution in [2.24, 2.45) is 5.73 Å². The van der Waals surface area contributed by atoms with Crippen molar-refractivity contribution in [3.63, 3.8) is 0 Å². The lowest BCUT2D eigenvalue weighted by molar-refractivity contribution is 0.631. The van der Waals surface area contributed by atoms with Crippen LogP contribution in [0.5, 0.6) is 0 Å². The van der Waals surface area contributed by atoms with Gasteiger partial charge in [-0.3, -0.25) is 0 Å². The average Bonchev–Trinajstić information content (AvgIpc) is 2.33. The molecule has 0 fully saturated rings. The van der Waals surface area contributed by atoms with Gasteiger partial charge in [0.2, 0.25) is 0 Å². The third-order valence-corrected chi connectivity index (χ3v) is 3.37. The minimum Gasteiger partial charge on any atom is -0.326 e. The van der Waals surface area contributed by atoms with E-state index in [1.807, 2.05) is 6.07 Å². The van der Waals surface area contributed by atoms with Gasteiger partial charge < -0.3 is 5.73 Å². The Labute approximate surface area is 113 Å². The zero-order chi connectivity index (χ0) is 12.4. The first-order valence-electron chi connectivity index (χ1n) is 5.05. The van der Waals surface area contributed by atoms with Gasteiger partial charge in [-0.25, -0.2) is 4.39 Å². The van der Waals surface area contributed by atoms with Crippen molar-refractivity contribution in [2.75, 3.05) is 0 Å². The SMILES string of the molecule is NCc1cc(-c2cc(Br)ccc2F)ccc1Cl. The summed E-state index contributed by atoms with van der Waals surface area (Å²) in [6, 6.07) is 10.2. The van der Waals surface area contributed by atoms with Crippen molar-refractivity contribution < 1.29 is 4.39 Å². The number of hydrogen-bond donors (Lipinski definition) is 1. The largest absolute Gasteiger partial charge is 0.326 e. The van der Waals surface area contributed by atoms with E-state index in [2.05, 4.69) is 15.9 Å². The molecule has 0 radical (unpaired) electrons. The Hall–Kier alpha value is -0.900. The minimum atomic E-state index is -0.265. The summed E-state index contributed by atoms with van der Waals surface area (Å²) in [6.07, 6.45) is 0. The summed E-state index contributed by atoms with van der Waals surface area (Å²) in [6.45, 7) is 0.336. The van der Waals surface area contributed by atoms with Crippen LogP contribution in [0.25, 0.3) is 11.1 Å². The van der Waals surface area contributed by atoms with Crippen molar-refractivity contribution in [3.8, 4) is 11.1 Å². The molecule has 0 aromatic heterocycles. The Morgan fingerprint density at radius 1 is 1.18 bits per heavy atom. The molecule has 0 spiro atoms.